The summed E-state index contributed by atoms with van der Waals surface area (Å²) in [5.41, 5.74) is 1.42. The van der Waals surface area contributed by atoms with Crippen LogP contribution < -0.4 is 5.32 Å². The fourth-order valence-electron chi connectivity index (χ4n) is 4.22. The number of nitrogens with one attached hydrogen (secondary N) is 1. The standard InChI is InChI=1S/C20H28N2O4S/c1-12-7-6-8-13(2)22(12)17(24)11-26-20(25)18-15-9-4-5-10-16(15)27-19(18)21-14(3)23/h12-13H,4-11H2,1-3H3,(H,21,23). The number of thiophene rings is 1. The predicted octanol–water partition coefficient (Wildman–Crippen LogP) is 3.53. The molecule has 0 aromatic carbocycles. The largest absolute Gasteiger partial charge is 0.452 e. The molecule has 2 aliphatic rings. The molecule has 2 unspecified atom stereocenters. The van der Waals surface area contributed by atoms with E-state index < -0.39 is 5.97 Å². The predicted molar refractivity (Wildman–Crippen MR) is 105 cm³/mol. The van der Waals surface area contributed by atoms with Crippen molar-refractivity contribution >= 4 is 34.1 Å². The molecule has 0 spiro atoms. The van der Waals surface area contributed by atoms with Gasteiger partial charge in [-0.2, -0.15) is 0 Å². The molecular weight excluding hydrogens is 364 g/mol. The third-order valence-electron chi connectivity index (χ3n) is 5.47. The van der Waals surface area contributed by atoms with Crippen LogP contribution in [0.2, 0.25) is 0 Å². The Kier molecular flexibility index (Phi) is 6.19. The van der Waals surface area contributed by atoms with Gasteiger partial charge in [0.1, 0.15) is 5.00 Å². The van der Waals surface area contributed by atoms with Crippen LogP contribution in [0.4, 0.5) is 5.00 Å². The minimum Gasteiger partial charge on any atom is -0.452 e. The first-order chi connectivity index (χ1) is 12.9. The second-order valence-corrected chi connectivity index (χ2v) is 8.71. The molecule has 0 radical (unpaired) electrons. The zero-order chi connectivity index (χ0) is 19.6. The highest BCUT2D eigenvalue weighted by atomic mass is 32.1. The average Bonchev–Trinajstić information content (AvgIpc) is 2.96. The highest BCUT2D eigenvalue weighted by Gasteiger charge is 2.31. The van der Waals surface area contributed by atoms with E-state index in [-0.39, 0.29) is 30.5 Å². The molecule has 3 rings (SSSR count). The number of hydrogen-bond acceptors (Lipinski definition) is 5. The van der Waals surface area contributed by atoms with Gasteiger partial charge >= 0.3 is 5.97 Å². The maximum atomic E-state index is 12.8. The van der Waals surface area contributed by atoms with Crippen LogP contribution >= 0.6 is 11.3 Å². The van der Waals surface area contributed by atoms with Crippen LogP contribution in [-0.2, 0) is 27.2 Å². The molecule has 7 heteroatoms. The van der Waals surface area contributed by atoms with Gasteiger partial charge in [0, 0.05) is 23.9 Å². The van der Waals surface area contributed by atoms with Crippen LogP contribution in [-0.4, -0.2) is 41.4 Å². The first kappa shape index (κ1) is 19.9. The molecule has 1 aliphatic heterocycles. The van der Waals surface area contributed by atoms with Gasteiger partial charge in [0.2, 0.25) is 5.91 Å². The fourth-order valence-corrected chi connectivity index (χ4v) is 5.54. The Labute approximate surface area is 164 Å². The van der Waals surface area contributed by atoms with Crippen LogP contribution in [0.25, 0.3) is 0 Å². The lowest BCUT2D eigenvalue weighted by Gasteiger charge is -2.38. The van der Waals surface area contributed by atoms with Crippen molar-refractivity contribution in [3.63, 3.8) is 0 Å². The van der Waals surface area contributed by atoms with E-state index in [2.05, 4.69) is 5.32 Å². The van der Waals surface area contributed by atoms with E-state index in [1.807, 2.05) is 18.7 Å². The van der Waals surface area contributed by atoms with E-state index in [9.17, 15) is 14.4 Å². The van der Waals surface area contributed by atoms with Gasteiger partial charge in [-0.15, -0.1) is 11.3 Å². The molecule has 1 aromatic rings. The lowest BCUT2D eigenvalue weighted by Crippen LogP contribution is -2.49. The smallest absolute Gasteiger partial charge is 0.341 e. The van der Waals surface area contributed by atoms with Crippen molar-refractivity contribution in [2.24, 2.45) is 0 Å². The van der Waals surface area contributed by atoms with E-state index in [1.165, 1.54) is 18.3 Å². The van der Waals surface area contributed by atoms with Crippen molar-refractivity contribution in [2.75, 3.05) is 11.9 Å². The Morgan fingerprint density at radius 3 is 2.44 bits per heavy atom. The number of nitrogens with zero attached hydrogens (tertiary/aromatic N) is 1. The number of esters is 1. The van der Waals surface area contributed by atoms with Gasteiger partial charge in [-0.3, -0.25) is 9.59 Å². The number of anilines is 1. The van der Waals surface area contributed by atoms with Gasteiger partial charge in [0.05, 0.1) is 5.56 Å². The minimum absolute atomic E-state index is 0.145. The average molecular weight is 393 g/mol. The van der Waals surface area contributed by atoms with Gasteiger partial charge in [-0.1, -0.05) is 0 Å². The molecular formula is C20H28N2O4S. The second kappa shape index (κ2) is 8.42. The number of likely N-dealkylation sites (tertiary alicyclic amines) is 1. The summed E-state index contributed by atoms with van der Waals surface area (Å²) in [6.07, 6.45) is 6.91. The maximum absolute atomic E-state index is 12.8. The molecule has 2 heterocycles. The third-order valence-corrected chi connectivity index (χ3v) is 6.68. The Morgan fingerprint density at radius 1 is 1.11 bits per heavy atom. The highest BCUT2D eigenvalue weighted by molar-refractivity contribution is 7.17. The maximum Gasteiger partial charge on any atom is 0.341 e. The molecule has 1 fully saturated rings. The van der Waals surface area contributed by atoms with Crippen LogP contribution in [0.1, 0.15) is 73.7 Å². The first-order valence-corrected chi connectivity index (χ1v) is 10.6. The van der Waals surface area contributed by atoms with Crippen molar-refractivity contribution in [2.45, 2.75) is 77.8 Å². The first-order valence-electron chi connectivity index (χ1n) is 9.79. The summed E-state index contributed by atoms with van der Waals surface area (Å²) < 4.78 is 5.41. The summed E-state index contributed by atoms with van der Waals surface area (Å²) in [4.78, 5) is 39.9. The van der Waals surface area contributed by atoms with Crippen molar-refractivity contribution in [3.05, 3.63) is 16.0 Å². The minimum atomic E-state index is -0.510. The SMILES string of the molecule is CC(=O)Nc1sc2c(c1C(=O)OCC(=O)N1C(C)CCCC1C)CCCC2. The van der Waals surface area contributed by atoms with Gasteiger partial charge in [-0.05, 0) is 64.4 Å². The van der Waals surface area contributed by atoms with E-state index in [0.29, 0.717) is 10.6 Å². The second-order valence-electron chi connectivity index (χ2n) is 7.60. The summed E-state index contributed by atoms with van der Waals surface area (Å²) in [5, 5.41) is 3.31. The summed E-state index contributed by atoms with van der Waals surface area (Å²) >= 11 is 1.45. The van der Waals surface area contributed by atoms with Gasteiger partial charge in [0.15, 0.2) is 6.61 Å². The number of amides is 2. The summed E-state index contributed by atoms with van der Waals surface area (Å²) in [6, 6.07) is 0.340. The molecule has 1 N–H and O–H groups in total. The lowest BCUT2D eigenvalue weighted by atomic mass is 9.95. The van der Waals surface area contributed by atoms with Gasteiger partial charge in [-0.25, -0.2) is 4.79 Å². The van der Waals surface area contributed by atoms with Crippen molar-refractivity contribution in [1.29, 1.82) is 0 Å². The highest BCUT2D eigenvalue weighted by Crippen LogP contribution is 2.38. The summed E-state index contributed by atoms with van der Waals surface area (Å²) in [5.74, 6) is -0.869. The zero-order valence-corrected chi connectivity index (χ0v) is 17.1. The molecule has 2 amide bonds. The fraction of sp³-hybridized carbons (Fsp3) is 0.650. The number of aryl methyl sites for hydroxylation is 1. The van der Waals surface area contributed by atoms with Crippen molar-refractivity contribution < 1.29 is 19.1 Å². The number of fused-ring (bicyclic) bond motifs is 1. The number of carbonyl (C=O) groups is 3. The Morgan fingerprint density at radius 2 is 1.78 bits per heavy atom. The number of carbonyl (C=O) groups excluding carboxylic acids is 3. The monoisotopic (exact) mass is 392 g/mol. The molecule has 1 aromatic heterocycles. The molecule has 0 bridgehead atoms. The molecule has 1 saturated heterocycles. The normalized spacial score (nSPS) is 22.1. The van der Waals surface area contributed by atoms with E-state index >= 15 is 0 Å². The van der Waals surface area contributed by atoms with E-state index in [0.717, 1.165) is 55.4 Å². The molecule has 1 aliphatic carbocycles. The number of hydrogen-bond donors (Lipinski definition) is 1. The quantitative estimate of drug-likeness (QED) is 0.796. The number of ether oxygens (including phenoxy) is 1. The summed E-state index contributed by atoms with van der Waals surface area (Å²) in [7, 11) is 0. The van der Waals surface area contributed by atoms with Crippen LogP contribution in [0.3, 0.4) is 0 Å². The van der Waals surface area contributed by atoms with Gasteiger partial charge in [0.25, 0.3) is 5.91 Å². The zero-order valence-electron chi connectivity index (χ0n) is 16.3. The number of rotatable bonds is 4. The Balaban J connectivity index is 1.73. The van der Waals surface area contributed by atoms with E-state index in [4.69, 9.17) is 4.74 Å². The molecule has 2 atom stereocenters. The van der Waals surface area contributed by atoms with Gasteiger partial charge < -0.3 is 15.0 Å². The van der Waals surface area contributed by atoms with Crippen LogP contribution in [0.5, 0.6) is 0 Å². The molecule has 148 valence electrons. The van der Waals surface area contributed by atoms with Crippen molar-refractivity contribution in [3.8, 4) is 0 Å². The number of piperidine rings is 1. The lowest BCUT2D eigenvalue weighted by molar-refractivity contribution is -0.140. The Hall–Kier alpha value is -1.89. The van der Waals surface area contributed by atoms with E-state index in [1.54, 1.807) is 0 Å². The molecule has 6 nitrogen and oxygen atoms in total. The Bertz CT molecular complexity index is 733. The molecule has 27 heavy (non-hydrogen) atoms. The topological polar surface area (TPSA) is 75.7 Å². The summed E-state index contributed by atoms with van der Waals surface area (Å²) in [6.45, 7) is 5.26. The van der Waals surface area contributed by atoms with Crippen molar-refractivity contribution in [1.82, 2.24) is 4.90 Å². The van der Waals surface area contributed by atoms with Crippen LogP contribution in [0, 0.1) is 0 Å². The van der Waals surface area contributed by atoms with Crippen LogP contribution in [0.15, 0.2) is 0 Å². The third kappa shape index (κ3) is 4.34. The molecule has 0 saturated carbocycles.